The number of primary amides is 1. The molecule has 0 aliphatic heterocycles. The van der Waals surface area contributed by atoms with Gasteiger partial charge in [0.1, 0.15) is 6.04 Å². The number of aliphatic carboxylic acids is 2. The highest BCUT2D eigenvalue weighted by Crippen LogP contribution is 2.09. The number of carboxylic acids is 2. The smallest absolute Gasteiger partial charge is 0.305 e. The summed E-state index contributed by atoms with van der Waals surface area (Å²) in [5, 5.41) is 19.3. The fraction of sp³-hybridized carbons (Fsp3) is 0.600. The van der Waals surface area contributed by atoms with Gasteiger partial charge in [0.2, 0.25) is 11.8 Å². The fourth-order valence-electron chi connectivity index (χ4n) is 1.32. The molecule has 0 aromatic heterocycles. The Morgan fingerprint density at radius 3 is 1.94 bits per heavy atom. The highest BCUT2D eigenvalue weighted by molar-refractivity contribution is 5.91. The molecule has 0 aromatic carbocycles. The van der Waals surface area contributed by atoms with Crippen molar-refractivity contribution in [2.75, 3.05) is 0 Å². The molecule has 0 saturated heterocycles. The van der Waals surface area contributed by atoms with Crippen LogP contribution in [0.2, 0.25) is 0 Å². The summed E-state index contributed by atoms with van der Waals surface area (Å²) >= 11 is 0. The van der Waals surface area contributed by atoms with Crippen molar-refractivity contribution in [3.8, 4) is 0 Å². The Morgan fingerprint density at radius 2 is 1.61 bits per heavy atom. The Labute approximate surface area is 103 Å². The van der Waals surface area contributed by atoms with Crippen molar-refractivity contribution in [3.05, 3.63) is 0 Å². The molecule has 0 saturated carbocycles. The molecule has 0 fully saturated rings. The highest BCUT2D eigenvalue weighted by atomic mass is 16.4. The first-order chi connectivity index (χ1) is 8.27. The second-order valence-corrected chi connectivity index (χ2v) is 3.76. The first-order valence-corrected chi connectivity index (χ1v) is 5.31. The van der Waals surface area contributed by atoms with Crippen LogP contribution in [0.3, 0.4) is 0 Å². The Bertz CT molecular complexity index is 354. The van der Waals surface area contributed by atoms with Crippen LogP contribution in [-0.4, -0.2) is 40.0 Å². The predicted molar refractivity (Wildman–Crippen MR) is 59.4 cm³/mol. The second-order valence-electron chi connectivity index (χ2n) is 3.76. The topological polar surface area (TPSA) is 147 Å². The highest BCUT2D eigenvalue weighted by Gasteiger charge is 2.26. The molecule has 0 radical (unpaired) electrons. The van der Waals surface area contributed by atoms with Crippen LogP contribution in [0.5, 0.6) is 0 Å². The van der Waals surface area contributed by atoms with Crippen molar-refractivity contribution in [1.29, 1.82) is 0 Å². The summed E-state index contributed by atoms with van der Waals surface area (Å²) in [7, 11) is 0. The van der Waals surface area contributed by atoms with Crippen LogP contribution in [0, 0.1) is 5.92 Å². The molecule has 0 heterocycles. The van der Waals surface area contributed by atoms with Gasteiger partial charge in [-0.2, -0.15) is 0 Å². The molecule has 0 rings (SSSR count). The zero-order chi connectivity index (χ0) is 14.3. The van der Waals surface area contributed by atoms with Gasteiger partial charge in [0.05, 0.1) is 12.8 Å². The third-order valence-corrected chi connectivity index (χ3v) is 2.32. The van der Waals surface area contributed by atoms with E-state index in [9.17, 15) is 19.2 Å². The minimum atomic E-state index is -1.34. The molecule has 8 heteroatoms. The number of amides is 2. The van der Waals surface area contributed by atoms with Gasteiger partial charge in [-0.05, 0) is 6.42 Å². The Hall–Kier alpha value is -2.12. The largest absolute Gasteiger partial charge is 0.481 e. The van der Waals surface area contributed by atoms with Gasteiger partial charge in [0, 0.05) is 5.92 Å². The van der Waals surface area contributed by atoms with Gasteiger partial charge in [0.25, 0.3) is 0 Å². The van der Waals surface area contributed by atoms with E-state index >= 15 is 0 Å². The molecule has 0 unspecified atom stereocenters. The van der Waals surface area contributed by atoms with E-state index in [2.05, 4.69) is 5.32 Å². The minimum Gasteiger partial charge on any atom is -0.481 e. The molecule has 2 atom stereocenters. The third kappa shape index (κ3) is 5.83. The SMILES string of the molecule is CC[C@@H](CC(=O)O)C(=O)N[C@@H](CC(=O)O)C(N)=O. The van der Waals surface area contributed by atoms with Crippen LogP contribution in [0.1, 0.15) is 26.2 Å². The lowest BCUT2D eigenvalue weighted by Crippen LogP contribution is -2.47. The van der Waals surface area contributed by atoms with Gasteiger partial charge < -0.3 is 21.3 Å². The maximum Gasteiger partial charge on any atom is 0.305 e. The van der Waals surface area contributed by atoms with E-state index < -0.39 is 42.1 Å². The van der Waals surface area contributed by atoms with E-state index in [1.54, 1.807) is 6.92 Å². The minimum absolute atomic E-state index is 0.261. The van der Waals surface area contributed by atoms with E-state index in [1.165, 1.54) is 0 Å². The summed E-state index contributed by atoms with van der Waals surface area (Å²) < 4.78 is 0. The predicted octanol–water partition coefficient (Wildman–Crippen LogP) is -1.07. The van der Waals surface area contributed by atoms with Crippen molar-refractivity contribution in [2.45, 2.75) is 32.2 Å². The van der Waals surface area contributed by atoms with Gasteiger partial charge >= 0.3 is 11.9 Å². The number of rotatable bonds is 8. The molecule has 102 valence electrons. The number of hydrogen-bond donors (Lipinski definition) is 4. The summed E-state index contributed by atoms with van der Waals surface area (Å²) in [6.07, 6.45) is -0.762. The van der Waals surface area contributed by atoms with Crippen LogP contribution >= 0.6 is 0 Å². The Kier molecular flexibility index (Phi) is 6.40. The van der Waals surface area contributed by atoms with E-state index in [0.717, 1.165) is 0 Å². The van der Waals surface area contributed by atoms with Crippen molar-refractivity contribution in [1.82, 2.24) is 5.32 Å². The van der Waals surface area contributed by atoms with Crippen molar-refractivity contribution in [3.63, 3.8) is 0 Å². The number of carboxylic acid groups (broad SMARTS) is 2. The molecule has 0 spiro atoms. The van der Waals surface area contributed by atoms with E-state index in [0.29, 0.717) is 0 Å². The van der Waals surface area contributed by atoms with Crippen molar-refractivity contribution >= 4 is 23.8 Å². The molecule has 5 N–H and O–H groups in total. The molecule has 8 nitrogen and oxygen atoms in total. The fourth-order valence-corrected chi connectivity index (χ4v) is 1.32. The standard InChI is InChI=1S/C10H16N2O6/c1-2-5(3-7(13)14)10(18)12-6(9(11)17)4-8(15)16/h5-6H,2-4H2,1H3,(H2,11,17)(H,12,18)(H,13,14)(H,15,16)/t5-,6-/m0/s1. The number of nitrogens with one attached hydrogen (secondary N) is 1. The molecule has 0 aliphatic rings. The summed E-state index contributed by atoms with van der Waals surface area (Å²) in [4.78, 5) is 43.5. The van der Waals surface area contributed by atoms with Crippen LogP contribution in [0.15, 0.2) is 0 Å². The Balaban J connectivity index is 4.60. The Morgan fingerprint density at radius 1 is 1.11 bits per heavy atom. The van der Waals surface area contributed by atoms with E-state index in [4.69, 9.17) is 15.9 Å². The van der Waals surface area contributed by atoms with Gasteiger partial charge in [-0.1, -0.05) is 6.92 Å². The molecule has 0 aliphatic carbocycles. The number of hydrogen-bond acceptors (Lipinski definition) is 4. The van der Waals surface area contributed by atoms with Crippen LogP contribution in [0.25, 0.3) is 0 Å². The first-order valence-electron chi connectivity index (χ1n) is 5.31. The molecular formula is C10H16N2O6. The van der Waals surface area contributed by atoms with Crippen LogP contribution in [0.4, 0.5) is 0 Å². The normalized spacial score (nSPS) is 13.4. The molecule has 18 heavy (non-hydrogen) atoms. The molecule has 2 amide bonds. The van der Waals surface area contributed by atoms with Crippen LogP contribution < -0.4 is 11.1 Å². The molecular weight excluding hydrogens is 244 g/mol. The lowest BCUT2D eigenvalue weighted by atomic mass is 10.0. The van der Waals surface area contributed by atoms with Crippen molar-refractivity contribution < 1.29 is 29.4 Å². The van der Waals surface area contributed by atoms with Gasteiger partial charge in [0.15, 0.2) is 0 Å². The van der Waals surface area contributed by atoms with Gasteiger partial charge in [-0.3, -0.25) is 19.2 Å². The molecule has 0 aromatic rings. The quantitative estimate of drug-likeness (QED) is 0.437. The van der Waals surface area contributed by atoms with Gasteiger partial charge in [-0.15, -0.1) is 0 Å². The monoisotopic (exact) mass is 260 g/mol. The number of carbonyl (C=O) groups is 4. The second kappa shape index (κ2) is 7.25. The average molecular weight is 260 g/mol. The summed E-state index contributed by atoms with van der Waals surface area (Å²) in [5.41, 5.74) is 4.94. The van der Waals surface area contributed by atoms with Crippen LogP contribution in [-0.2, 0) is 19.2 Å². The number of carbonyl (C=O) groups excluding carboxylic acids is 2. The van der Waals surface area contributed by atoms with E-state index in [1.807, 2.05) is 0 Å². The summed E-state index contributed by atoms with van der Waals surface area (Å²) in [5.74, 6) is -4.92. The third-order valence-electron chi connectivity index (χ3n) is 2.32. The number of nitrogens with two attached hydrogens (primary N) is 1. The lowest BCUT2D eigenvalue weighted by molar-refractivity contribution is -0.143. The zero-order valence-electron chi connectivity index (χ0n) is 9.88. The summed E-state index contributed by atoms with van der Waals surface area (Å²) in [6.45, 7) is 1.61. The molecule has 0 bridgehead atoms. The first kappa shape index (κ1) is 15.9. The van der Waals surface area contributed by atoms with Gasteiger partial charge in [-0.25, -0.2) is 0 Å². The van der Waals surface area contributed by atoms with Crippen molar-refractivity contribution in [2.24, 2.45) is 11.7 Å². The summed E-state index contributed by atoms with van der Waals surface area (Å²) in [6, 6.07) is -1.34. The van der Waals surface area contributed by atoms with E-state index in [-0.39, 0.29) is 12.8 Å². The zero-order valence-corrected chi connectivity index (χ0v) is 9.88. The average Bonchev–Trinajstić information content (AvgIpc) is 2.23. The lowest BCUT2D eigenvalue weighted by Gasteiger charge is -2.17. The maximum atomic E-state index is 11.6. The maximum absolute atomic E-state index is 11.6.